The molecule has 0 bridgehead atoms. The molecular weight excluding hydrogens is 215 g/mol. The number of aliphatic hydroxyl groups excluding tert-OH is 1. The topological polar surface area (TPSA) is 38.7 Å². The third-order valence-corrected chi connectivity index (χ3v) is 3.67. The molecule has 0 aromatic heterocycles. The Morgan fingerprint density at radius 1 is 1.00 bits per heavy atom. The maximum atomic E-state index is 10.2. The maximum Gasteiger partial charge on any atom is 0.493 e. The lowest BCUT2D eigenvalue weighted by Gasteiger charge is -2.32. The standard InChI is InChI=1S/C13H19BO3/c1-12(2)13(3,4)17-14(16-12)11(15)10-8-6-5-7-9-10/h5-9,11,15H,1-4H3/t11-/m1/s1. The van der Waals surface area contributed by atoms with Crippen molar-refractivity contribution in [3.8, 4) is 0 Å². The van der Waals surface area contributed by atoms with Crippen LogP contribution in [0.5, 0.6) is 0 Å². The molecular formula is C13H19BO3. The minimum absolute atomic E-state index is 0.409. The SMILES string of the molecule is CC1(C)OB([C@H](O)c2ccccc2)OC1(C)C. The Bertz CT molecular complexity index is 373. The van der Waals surface area contributed by atoms with Crippen molar-refractivity contribution in [2.24, 2.45) is 0 Å². The van der Waals surface area contributed by atoms with Gasteiger partial charge in [0.25, 0.3) is 0 Å². The summed E-state index contributed by atoms with van der Waals surface area (Å²) in [5, 5.41) is 10.2. The van der Waals surface area contributed by atoms with Crippen LogP contribution >= 0.6 is 0 Å². The van der Waals surface area contributed by atoms with Crippen LogP contribution in [0.15, 0.2) is 30.3 Å². The van der Waals surface area contributed by atoms with Gasteiger partial charge in [-0.1, -0.05) is 30.3 Å². The second-order valence-corrected chi connectivity index (χ2v) is 5.48. The molecule has 1 aliphatic rings. The zero-order valence-electron chi connectivity index (χ0n) is 10.8. The molecule has 92 valence electrons. The monoisotopic (exact) mass is 234 g/mol. The summed E-state index contributed by atoms with van der Waals surface area (Å²) < 4.78 is 11.6. The van der Waals surface area contributed by atoms with Gasteiger partial charge in [0.2, 0.25) is 0 Å². The van der Waals surface area contributed by atoms with E-state index in [1.807, 2.05) is 58.0 Å². The van der Waals surface area contributed by atoms with Gasteiger partial charge in [-0.15, -0.1) is 0 Å². The van der Waals surface area contributed by atoms with Gasteiger partial charge in [-0.05, 0) is 33.3 Å². The minimum Gasteiger partial charge on any atom is -0.401 e. The van der Waals surface area contributed by atoms with Crippen molar-refractivity contribution in [2.45, 2.75) is 44.9 Å². The molecule has 0 unspecified atom stereocenters. The molecule has 3 nitrogen and oxygen atoms in total. The molecule has 1 aromatic rings. The van der Waals surface area contributed by atoms with E-state index in [0.29, 0.717) is 0 Å². The predicted molar refractivity (Wildman–Crippen MR) is 67.5 cm³/mol. The Morgan fingerprint density at radius 3 is 1.94 bits per heavy atom. The Hall–Kier alpha value is -0.835. The summed E-state index contributed by atoms with van der Waals surface area (Å²) in [5.74, 6) is 0. The normalized spacial score (nSPS) is 23.7. The third-order valence-electron chi connectivity index (χ3n) is 3.67. The molecule has 17 heavy (non-hydrogen) atoms. The molecule has 2 rings (SSSR count). The average Bonchev–Trinajstić information content (AvgIpc) is 2.48. The van der Waals surface area contributed by atoms with E-state index in [1.54, 1.807) is 0 Å². The summed E-state index contributed by atoms with van der Waals surface area (Å²) in [6, 6.07) is 8.69. The number of rotatable bonds is 2. The van der Waals surface area contributed by atoms with Gasteiger partial charge >= 0.3 is 7.12 Å². The molecule has 4 heteroatoms. The van der Waals surface area contributed by atoms with Gasteiger partial charge in [0.05, 0.1) is 11.2 Å². The second-order valence-electron chi connectivity index (χ2n) is 5.48. The van der Waals surface area contributed by atoms with Gasteiger partial charge in [0, 0.05) is 0 Å². The molecule has 0 amide bonds. The van der Waals surface area contributed by atoms with E-state index in [4.69, 9.17) is 9.31 Å². The molecule has 1 fully saturated rings. The van der Waals surface area contributed by atoms with Gasteiger partial charge in [-0.25, -0.2) is 0 Å². The van der Waals surface area contributed by atoms with Crippen LogP contribution in [0, 0.1) is 0 Å². The van der Waals surface area contributed by atoms with E-state index in [2.05, 4.69) is 0 Å². The van der Waals surface area contributed by atoms with Crippen molar-refractivity contribution in [3.05, 3.63) is 35.9 Å². The Balaban J connectivity index is 2.17. The number of hydrogen-bond donors (Lipinski definition) is 1. The Morgan fingerprint density at radius 2 is 1.47 bits per heavy atom. The first-order valence-electron chi connectivity index (χ1n) is 5.92. The molecule has 1 aliphatic heterocycles. The van der Waals surface area contributed by atoms with Crippen molar-refractivity contribution in [3.63, 3.8) is 0 Å². The Labute approximate surface area is 103 Å². The quantitative estimate of drug-likeness (QED) is 0.798. The third kappa shape index (κ3) is 2.25. The highest BCUT2D eigenvalue weighted by atomic mass is 16.7. The van der Waals surface area contributed by atoms with Crippen LogP contribution in [0.2, 0.25) is 0 Å². The van der Waals surface area contributed by atoms with Crippen LogP contribution in [0.3, 0.4) is 0 Å². The van der Waals surface area contributed by atoms with Crippen molar-refractivity contribution in [1.29, 1.82) is 0 Å². The Kier molecular flexibility index (Phi) is 3.06. The highest BCUT2D eigenvalue weighted by molar-refractivity contribution is 6.46. The number of aliphatic hydroxyl groups is 1. The van der Waals surface area contributed by atoms with Crippen molar-refractivity contribution in [2.75, 3.05) is 0 Å². The van der Waals surface area contributed by atoms with Gasteiger partial charge < -0.3 is 14.4 Å². The molecule has 1 N–H and O–H groups in total. The average molecular weight is 234 g/mol. The van der Waals surface area contributed by atoms with E-state index >= 15 is 0 Å². The molecule has 0 saturated carbocycles. The fourth-order valence-corrected chi connectivity index (χ4v) is 1.82. The molecule has 1 heterocycles. The first-order valence-corrected chi connectivity index (χ1v) is 5.92. The highest BCUT2D eigenvalue weighted by Crippen LogP contribution is 2.39. The van der Waals surface area contributed by atoms with Crippen LogP contribution in [0.25, 0.3) is 0 Å². The van der Waals surface area contributed by atoms with Crippen LogP contribution in [-0.4, -0.2) is 23.4 Å². The lowest BCUT2D eigenvalue weighted by molar-refractivity contribution is 0.00578. The zero-order chi connectivity index (χ0) is 12.7. The second kappa shape index (κ2) is 4.12. The fraction of sp³-hybridized carbons (Fsp3) is 0.538. The van der Waals surface area contributed by atoms with Crippen LogP contribution < -0.4 is 0 Å². The predicted octanol–water partition coefficient (Wildman–Crippen LogP) is 2.35. The van der Waals surface area contributed by atoms with Gasteiger partial charge in [0.15, 0.2) is 0 Å². The van der Waals surface area contributed by atoms with E-state index in [-0.39, 0.29) is 0 Å². The van der Waals surface area contributed by atoms with Gasteiger partial charge in [0.1, 0.15) is 6.00 Å². The van der Waals surface area contributed by atoms with E-state index in [9.17, 15) is 5.11 Å². The van der Waals surface area contributed by atoms with E-state index in [1.165, 1.54) is 0 Å². The summed E-state index contributed by atoms with van der Waals surface area (Å²) in [6.07, 6.45) is 0. The first-order chi connectivity index (χ1) is 7.83. The highest BCUT2D eigenvalue weighted by Gasteiger charge is 2.53. The number of hydrogen-bond acceptors (Lipinski definition) is 3. The van der Waals surface area contributed by atoms with Crippen molar-refractivity contribution >= 4 is 7.12 Å². The van der Waals surface area contributed by atoms with Crippen LogP contribution in [-0.2, 0) is 9.31 Å². The summed E-state index contributed by atoms with van der Waals surface area (Å²) in [5.41, 5.74) is -0.00749. The van der Waals surface area contributed by atoms with Gasteiger partial charge in [-0.3, -0.25) is 0 Å². The van der Waals surface area contributed by atoms with Crippen LogP contribution in [0.1, 0.15) is 39.3 Å². The number of benzene rings is 1. The molecule has 1 atom stereocenters. The lowest BCUT2D eigenvalue weighted by Crippen LogP contribution is -2.41. The molecule has 1 saturated heterocycles. The smallest absolute Gasteiger partial charge is 0.401 e. The minimum atomic E-state index is -0.753. The maximum absolute atomic E-state index is 10.2. The first kappa shape index (κ1) is 12.6. The molecule has 0 radical (unpaired) electrons. The molecule has 0 spiro atoms. The van der Waals surface area contributed by atoms with E-state index < -0.39 is 24.3 Å². The summed E-state index contributed by atoms with van der Waals surface area (Å²) in [4.78, 5) is 0. The van der Waals surface area contributed by atoms with Gasteiger partial charge in [-0.2, -0.15) is 0 Å². The lowest BCUT2D eigenvalue weighted by atomic mass is 9.77. The molecule has 1 aromatic carbocycles. The summed E-state index contributed by atoms with van der Waals surface area (Å²) in [7, 11) is -0.609. The summed E-state index contributed by atoms with van der Waals surface area (Å²) in [6.45, 7) is 7.91. The van der Waals surface area contributed by atoms with E-state index in [0.717, 1.165) is 5.56 Å². The molecule has 0 aliphatic carbocycles. The van der Waals surface area contributed by atoms with Crippen molar-refractivity contribution in [1.82, 2.24) is 0 Å². The largest absolute Gasteiger partial charge is 0.493 e. The van der Waals surface area contributed by atoms with Crippen LogP contribution in [0.4, 0.5) is 0 Å². The fourth-order valence-electron chi connectivity index (χ4n) is 1.82. The van der Waals surface area contributed by atoms with Crippen molar-refractivity contribution < 1.29 is 14.4 Å². The summed E-state index contributed by atoms with van der Waals surface area (Å²) >= 11 is 0. The zero-order valence-corrected chi connectivity index (χ0v) is 10.8.